The summed E-state index contributed by atoms with van der Waals surface area (Å²) in [6.45, 7) is 6.25. The number of amides is 3. The van der Waals surface area contributed by atoms with E-state index < -0.39 is 5.92 Å². The number of nitrogens with one attached hydrogen (secondary N) is 2. The first-order valence-corrected chi connectivity index (χ1v) is 9.17. The van der Waals surface area contributed by atoms with Crippen LogP contribution in [0.25, 0.3) is 0 Å². The molecule has 0 radical (unpaired) electrons. The normalized spacial score (nSPS) is 16.8. The van der Waals surface area contributed by atoms with Crippen molar-refractivity contribution in [1.29, 1.82) is 0 Å². The van der Waals surface area contributed by atoms with Crippen molar-refractivity contribution in [2.75, 3.05) is 17.2 Å². The van der Waals surface area contributed by atoms with Gasteiger partial charge < -0.3 is 15.5 Å². The molecule has 1 aliphatic heterocycles. The Morgan fingerprint density at radius 1 is 1.07 bits per heavy atom. The maximum Gasteiger partial charge on any atom is 0.257 e. The zero-order valence-corrected chi connectivity index (χ0v) is 16.2. The van der Waals surface area contributed by atoms with Crippen molar-refractivity contribution in [2.45, 2.75) is 32.7 Å². The summed E-state index contributed by atoms with van der Waals surface area (Å²) in [5, 5.41) is 5.65. The summed E-state index contributed by atoms with van der Waals surface area (Å²) in [6, 6.07) is 10.3. The third-order valence-corrected chi connectivity index (χ3v) is 4.66. The fourth-order valence-corrected chi connectivity index (χ4v) is 3.16. The predicted molar refractivity (Wildman–Crippen MR) is 107 cm³/mol. The molecule has 7 nitrogen and oxygen atoms in total. The molecule has 0 spiro atoms. The molecular weight excluding hydrogens is 356 g/mol. The van der Waals surface area contributed by atoms with Crippen molar-refractivity contribution in [3.05, 3.63) is 54.4 Å². The van der Waals surface area contributed by atoms with Crippen LogP contribution in [0.5, 0.6) is 0 Å². The van der Waals surface area contributed by atoms with Gasteiger partial charge in [0.1, 0.15) is 0 Å². The lowest BCUT2D eigenvalue weighted by molar-refractivity contribution is -0.131. The van der Waals surface area contributed by atoms with E-state index in [1.807, 2.05) is 20.8 Å². The van der Waals surface area contributed by atoms with Crippen molar-refractivity contribution >= 4 is 29.1 Å². The second-order valence-corrected chi connectivity index (χ2v) is 7.81. The van der Waals surface area contributed by atoms with Gasteiger partial charge in [0.2, 0.25) is 11.8 Å². The van der Waals surface area contributed by atoms with Gasteiger partial charge >= 0.3 is 0 Å². The van der Waals surface area contributed by atoms with Gasteiger partial charge in [-0.05, 0) is 45.0 Å². The first-order valence-electron chi connectivity index (χ1n) is 9.17. The topological polar surface area (TPSA) is 91.4 Å². The number of nitrogens with zero attached hydrogens (tertiary/aromatic N) is 2. The fraction of sp³-hybridized carbons (Fsp3) is 0.333. The predicted octanol–water partition coefficient (Wildman–Crippen LogP) is 2.92. The van der Waals surface area contributed by atoms with E-state index in [4.69, 9.17) is 0 Å². The third-order valence-electron chi connectivity index (χ3n) is 4.66. The molecule has 146 valence electrons. The summed E-state index contributed by atoms with van der Waals surface area (Å²) in [6.07, 6.45) is 3.25. The molecule has 3 amide bonds. The Balaban J connectivity index is 1.71. The van der Waals surface area contributed by atoms with Crippen LogP contribution in [0.4, 0.5) is 11.4 Å². The minimum Gasteiger partial charge on any atom is -0.337 e. The molecule has 1 aromatic heterocycles. The number of benzene rings is 1. The highest BCUT2D eigenvalue weighted by Gasteiger charge is 2.39. The number of hydrogen-bond donors (Lipinski definition) is 2. The molecule has 2 N–H and O–H groups in total. The Kier molecular flexibility index (Phi) is 5.44. The highest BCUT2D eigenvalue weighted by molar-refractivity contribution is 6.07. The molecule has 3 rings (SSSR count). The smallest absolute Gasteiger partial charge is 0.257 e. The van der Waals surface area contributed by atoms with Crippen molar-refractivity contribution in [3.63, 3.8) is 0 Å². The number of aromatic nitrogens is 1. The molecule has 1 unspecified atom stereocenters. The highest BCUT2D eigenvalue weighted by atomic mass is 16.2. The lowest BCUT2D eigenvalue weighted by Crippen LogP contribution is -2.42. The van der Waals surface area contributed by atoms with Gasteiger partial charge in [-0.2, -0.15) is 0 Å². The SMILES string of the molecule is CC(C)(C)N1CC(C(=O)Nc2ccccc2NC(=O)c2cccnc2)CC1=O. The Hall–Kier alpha value is -3.22. The summed E-state index contributed by atoms with van der Waals surface area (Å²) < 4.78 is 0. The zero-order valence-electron chi connectivity index (χ0n) is 16.2. The van der Waals surface area contributed by atoms with Crippen molar-refractivity contribution in [3.8, 4) is 0 Å². The van der Waals surface area contributed by atoms with Gasteiger partial charge in [0.25, 0.3) is 5.91 Å². The van der Waals surface area contributed by atoms with Gasteiger partial charge in [-0.1, -0.05) is 12.1 Å². The standard InChI is InChI=1S/C21H24N4O3/c1-21(2,3)25-13-15(11-18(25)26)20(28)24-17-9-5-4-8-16(17)23-19(27)14-7-6-10-22-12-14/h4-10,12,15H,11,13H2,1-3H3,(H,23,27)(H,24,28). The molecule has 0 bridgehead atoms. The third kappa shape index (κ3) is 4.36. The zero-order chi connectivity index (χ0) is 20.3. The molecule has 28 heavy (non-hydrogen) atoms. The van der Waals surface area contributed by atoms with Crippen LogP contribution in [0.1, 0.15) is 37.6 Å². The monoisotopic (exact) mass is 380 g/mol. The van der Waals surface area contributed by atoms with Gasteiger partial charge in [-0.25, -0.2) is 0 Å². The maximum absolute atomic E-state index is 12.7. The summed E-state index contributed by atoms with van der Waals surface area (Å²) in [7, 11) is 0. The lowest BCUT2D eigenvalue weighted by Gasteiger charge is -2.32. The van der Waals surface area contributed by atoms with Crippen LogP contribution >= 0.6 is 0 Å². The summed E-state index contributed by atoms with van der Waals surface area (Å²) in [5.41, 5.74) is 1.08. The maximum atomic E-state index is 12.7. The Bertz CT molecular complexity index is 890. The van der Waals surface area contributed by atoms with Gasteiger partial charge in [-0.3, -0.25) is 19.4 Å². The summed E-state index contributed by atoms with van der Waals surface area (Å²) >= 11 is 0. The molecule has 1 saturated heterocycles. The molecular formula is C21H24N4O3. The number of carbonyl (C=O) groups excluding carboxylic acids is 3. The average molecular weight is 380 g/mol. The van der Waals surface area contributed by atoms with Gasteiger partial charge in [-0.15, -0.1) is 0 Å². The van der Waals surface area contributed by atoms with Crippen LogP contribution in [-0.2, 0) is 9.59 Å². The van der Waals surface area contributed by atoms with E-state index in [1.165, 1.54) is 6.20 Å². The van der Waals surface area contributed by atoms with E-state index in [-0.39, 0.29) is 29.7 Å². The van der Waals surface area contributed by atoms with E-state index in [0.717, 1.165) is 0 Å². The number of para-hydroxylation sites is 2. The van der Waals surface area contributed by atoms with E-state index in [1.54, 1.807) is 47.5 Å². The molecule has 2 aromatic rings. The molecule has 7 heteroatoms. The van der Waals surface area contributed by atoms with E-state index >= 15 is 0 Å². The molecule has 1 aromatic carbocycles. The molecule has 1 fully saturated rings. The van der Waals surface area contributed by atoms with Crippen LogP contribution in [0, 0.1) is 5.92 Å². The number of carbonyl (C=O) groups is 3. The minimum atomic E-state index is -0.422. The van der Waals surface area contributed by atoms with E-state index in [0.29, 0.717) is 23.5 Å². The Labute approximate surface area is 164 Å². The average Bonchev–Trinajstić information content (AvgIpc) is 3.06. The molecule has 0 saturated carbocycles. The summed E-state index contributed by atoms with van der Waals surface area (Å²) in [5.74, 6) is -0.993. The number of rotatable bonds is 4. The first-order chi connectivity index (χ1) is 13.3. The van der Waals surface area contributed by atoms with Crippen LogP contribution in [-0.4, -0.2) is 39.7 Å². The number of pyridine rings is 1. The quantitative estimate of drug-likeness (QED) is 0.853. The number of anilines is 2. The number of hydrogen-bond acceptors (Lipinski definition) is 4. The largest absolute Gasteiger partial charge is 0.337 e. The van der Waals surface area contributed by atoms with E-state index in [2.05, 4.69) is 15.6 Å². The van der Waals surface area contributed by atoms with Crippen LogP contribution < -0.4 is 10.6 Å². The van der Waals surface area contributed by atoms with Gasteiger partial charge in [0.05, 0.1) is 22.9 Å². The second kappa shape index (κ2) is 7.80. The van der Waals surface area contributed by atoms with Crippen molar-refractivity contribution in [2.24, 2.45) is 5.92 Å². The van der Waals surface area contributed by atoms with Gasteiger partial charge in [0.15, 0.2) is 0 Å². The second-order valence-electron chi connectivity index (χ2n) is 7.81. The van der Waals surface area contributed by atoms with Crippen molar-refractivity contribution in [1.82, 2.24) is 9.88 Å². The van der Waals surface area contributed by atoms with E-state index in [9.17, 15) is 14.4 Å². The molecule has 0 aliphatic carbocycles. The highest BCUT2D eigenvalue weighted by Crippen LogP contribution is 2.28. The Morgan fingerprint density at radius 2 is 1.75 bits per heavy atom. The van der Waals surface area contributed by atoms with Crippen molar-refractivity contribution < 1.29 is 14.4 Å². The lowest BCUT2D eigenvalue weighted by atomic mass is 10.1. The van der Waals surface area contributed by atoms with Gasteiger partial charge in [0, 0.05) is 30.9 Å². The Morgan fingerprint density at radius 3 is 2.32 bits per heavy atom. The number of likely N-dealkylation sites (tertiary alicyclic amines) is 1. The molecule has 2 heterocycles. The molecule has 1 atom stereocenters. The van der Waals surface area contributed by atoms with Crippen LogP contribution in [0.2, 0.25) is 0 Å². The van der Waals surface area contributed by atoms with Crippen LogP contribution in [0.3, 0.4) is 0 Å². The summed E-state index contributed by atoms with van der Waals surface area (Å²) in [4.78, 5) is 43.0. The van der Waals surface area contributed by atoms with Crippen LogP contribution in [0.15, 0.2) is 48.8 Å². The first kappa shape index (κ1) is 19.5. The fourth-order valence-electron chi connectivity index (χ4n) is 3.16. The minimum absolute atomic E-state index is 0.0224. The molecule has 1 aliphatic rings.